The number of hydrogen-bond donors (Lipinski definition) is 1. The smallest absolute Gasteiger partial charge is 0.389 e. The number of benzene rings is 1. The van der Waals surface area contributed by atoms with E-state index in [1.54, 1.807) is 0 Å². The second-order valence-electron chi connectivity index (χ2n) is 3.50. The van der Waals surface area contributed by atoms with Crippen LogP contribution in [0.5, 0.6) is 0 Å². The third kappa shape index (κ3) is 3.85. The molecule has 0 radical (unpaired) electrons. The van der Waals surface area contributed by atoms with Crippen molar-refractivity contribution in [1.29, 1.82) is 0 Å². The van der Waals surface area contributed by atoms with E-state index in [1.807, 2.05) is 0 Å². The fourth-order valence-electron chi connectivity index (χ4n) is 1.32. The number of alkyl halides is 3. The van der Waals surface area contributed by atoms with Crippen molar-refractivity contribution < 1.29 is 17.6 Å². The van der Waals surface area contributed by atoms with Gasteiger partial charge in [0.2, 0.25) is 0 Å². The molecule has 0 aliphatic carbocycles. The molecule has 0 fully saturated rings. The van der Waals surface area contributed by atoms with E-state index in [0.29, 0.717) is 0 Å². The van der Waals surface area contributed by atoms with Crippen LogP contribution >= 0.6 is 12.2 Å². The van der Waals surface area contributed by atoms with Crippen molar-refractivity contribution in [3.63, 3.8) is 0 Å². The Balaban J connectivity index is 2.96. The van der Waals surface area contributed by atoms with E-state index < -0.39 is 18.5 Å². The van der Waals surface area contributed by atoms with Crippen molar-refractivity contribution in [2.45, 2.75) is 6.18 Å². The maximum Gasteiger partial charge on any atom is 0.405 e. The van der Waals surface area contributed by atoms with Gasteiger partial charge in [-0.25, -0.2) is 4.39 Å². The van der Waals surface area contributed by atoms with Crippen LogP contribution < -0.4 is 10.6 Å². The minimum Gasteiger partial charge on any atom is -0.389 e. The SMILES string of the molecule is CN(CC(F)(F)F)c1ccc(C(N)=S)cc1F. The average Bonchev–Trinajstić information content (AvgIpc) is 2.14. The molecule has 0 saturated heterocycles. The normalized spacial score (nSPS) is 11.4. The van der Waals surface area contributed by atoms with Gasteiger partial charge in [0.25, 0.3) is 0 Å². The summed E-state index contributed by atoms with van der Waals surface area (Å²) in [7, 11) is 1.16. The molecule has 0 heterocycles. The van der Waals surface area contributed by atoms with Gasteiger partial charge in [-0.1, -0.05) is 12.2 Å². The van der Waals surface area contributed by atoms with Crippen LogP contribution in [0, 0.1) is 5.82 Å². The van der Waals surface area contributed by atoms with E-state index in [2.05, 4.69) is 12.2 Å². The summed E-state index contributed by atoms with van der Waals surface area (Å²) in [5, 5.41) is 0. The van der Waals surface area contributed by atoms with Crippen molar-refractivity contribution in [2.24, 2.45) is 5.73 Å². The first-order chi connectivity index (χ1) is 7.70. The number of hydrogen-bond acceptors (Lipinski definition) is 2. The summed E-state index contributed by atoms with van der Waals surface area (Å²) in [6, 6.07) is 3.62. The summed E-state index contributed by atoms with van der Waals surface area (Å²) < 4.78 is 49.9. The van der Waals surface area contributed by atoms with E-state index in [4.69, 9.17) is 5.73 Å². The van der Waals surface area contributed by atoms with Crippen LogP contribution in [0.3, 0.4) is 0 Å². The molecule has 2 N–H and O–H groups in total. The zero-order chi connectivity index (χ0) is 13.2. The second-order valence-corrected chi connectivity index (χ2v) is 3.94. The Labute approximate surface area is 101 Å². The molecule has 0 aliphatic heterocycles. The summed E-state index contributed by atoms with van der Waals surface area (Å²) in [4.78, 5) is 0.771. The Kier molecular flexibility index (Phi) is 3.92. The Hall–Kier alpha value is -1.37. The molecule has 0 atom stereocenters. The predicted molar refractivity (Wildman–Crippen MR) is 61.6 cm³/mol. The van der Waals surface area contributed by atoms with Gasteiger partial charge >= 0.3 is 6.18 Å². The van der Waals surface area contributed by atoms with Gasteiger partial charge in [0.05, 0.1) is 5.69 Å². The van der Waals surface area contributed by atoms with E-state index in [1.165, 1.54) is 12.1 Å². The quantitative estimate of drug-likeness (QED) is 0.673. The van der Waals surface area contributed by atoms with Gasteiger partial charge in [-0.05, 0) is 18.2 Å². The Morgan fingerprint density at radius 3 is 2.41 bits per heavy atom. The molecule has 0 bridgehead atoms. The van der Waals surface area contributed by atoms with E-state index in [9.17, 15) is 17.6 Å². The zero-order valence-electron chi connectivity index (χ0n) is 8.88. The highest BCUT2D eigenvalue weighted by Crippen LogP contribution is 2.24. The van der Waals surface area contributed by atoms with Crippen LogP contribution in [-0.4, -0.2) is 24.8 Å². The molecule has 0 spiro atoms. The fraction of sp³-hybridized carbons (Fsp3) is 0.300. The Bertz CT molecular complexity index is 431. The van der Waals surface area contributed by atoms with Crippen molar-refractivity contribution in [3.8, 4) is 0 Å². The molecule has 17 heavy (non-hydrogen) atoms. The summed E-state index contributed by atoms with van der Waals surface area (Å²) in [5.41, 5.74) is 5.41. The molecule has 2 nitrogen and oxygen atoms in total. The molecular weight excluding hydrogens is 256 g/mol. The lowest BCUT2D eigenvalue weighted by atomic mass is 10.2. The molecule has 0 aliphatic rings. The van der Waals surface area contributed by atoms with Crippen LogP contribution in [0.2, 0.25) is 0 Å². The first-order valence-electron chi connectivity index (χ1n) is 4.58. The third-order valence-corrected chi connectivity index (χ3v) is 2.30. The molecule has 0 amide bonds. The van der Waals surface area contributed by atoms with Crippen LogP contribution in [0.4, 0.5) is 23.2 Å². The predicted octanol–water partition coefficient (Wildman–Crippen LogP) is 2.46. The number of nitrogens with zero attached hydrogens (tertiary/aromatic N) is 1. The highest BCUT2D eigenvalue weighted by atomic mass is 32.1. The maximum atomic E-state index is 13.5. The molecule has 0 unspecified atom stereocenters. The van der Waals surface area contributed by atoms with Crippen LogP contribution in [0.25, 0.3) is 0 Å². The summed E-state index contributed by atoms with van der Waals surface area (Å²) in [6.45, 7) is -1.23. The lowest BCUT2D eigenvalue weighted by Gasteiger charge is -2.21. The molecule has 1 aromatic carbocycles. The standard InChI is InChI=1S/C10H10F4N2S/c1-16(5-10(12,13)14)8-3-2-6(9(15)17)4-7(8)11/h2-4H,5H2,1H3,(H2,15,17). The minimum absolute atomic E-state index is 0.00563. The number of halogens is 4. The van der Waals surface area contributed by atoms with E-state index >= 15 is 0 Å². The highest BCUT2D eigenvalue weighted by molar-refractivity contribution is 7.80. The average molecular weight is 266 g/mol. The topological polar surface area (TPSA) is 29.3 Å². The van der Waals surface area contributed by atoms with Gasteiger partial charge in [-0.3, -0.25) is 0 Å². The first kappa shape index (κ1) is 13.7. The minimum atomic E-state index is -4.39. The molecule has 94 valence electrons. The number of anilines is 1. The third-order valence-electron chi connectivity index (χ3n) is 2.06. The van der Waals surface area contributed by atoms with Gasteiger partial charge in [-0.2, -0.15) is 13.2 Å². The van der Waals surface area contributed by atoms with Gasteiger partial charge in [0.15, 0.2) is 0 Å². The van der Waals surface area contributed by atoms with Crippen LogP contribution in [0.1, 0.15) is 5.56 Å². The second kappa shape index (κ2) is 4.87. The molecule has 1 rings (SSSR count). The van der Waals surface area contributed by atoms with Crippen molar-refractivity contribution in [3.05, 3.63) is 29.6 Å². The molecule has 0 saturated carbocycles. The zero-order valence-corrected chi connectivity index (χ0v) is 9.70. The van der Waals surface area contributed by atoms with Crippen molar-refractivity contribution >= 4 is 22.9 Å². The summed E-state index contributed by atoms with van der Waals surface area (Å²) >= 11 is 4.64. The van der Waals surface area contributed by atoms with Crippen molar-refractivity contribution in [1.82, 2.24) is 0 Å². The van der Waals surface area contributed by atoms with Gasteiger partial charge in [0.1, 0.15) is 17.4 Å². The highest BCUT2D eigenvalue weighted by Gasteiger charge is 2.30. The molecule has 1 aromatic rings. The molecular formula is C10H10F4N2S. The van der Waals surface area contributed by atoms with E-state index in [-0.39, 0.29) is 16.2 Å². The maximum absolute atomic E-state index is 13.5. The van der Waals surface area contributed by atoms with Crippen LogP contribution in [0.15, 0.2) is 18.2 Å². The van der Waals surface area contributed by atoms with Gasteiger partial charge in [0, 0.05) is 12.6 Å². The number of rotatable bonds is 3. The summed E-state index contributed by atoms with van der Waals surface area (Å²) in [6.07, 6.45) is -4.39. The number of thiocarbonyl (C=S) groups is 1. The first-order valence-corrected chi connectivity index (χ1v) is 4.99. The Morgan fingerprint density at radius 1 is 1.41 bits per heavy atom. The Morgan fingerprint density at radius 2 is 2.00 bits per heavy atom. The van der Waals surface area contributed by atoms with Crippen LogP contribution in [-0.2, 0) is 0 Å². The van der Waals surface area contributed by atoms with E-state index in [0.717, 1.165) is 18.0 Å². The molecule has 0 aromatic heterocycles. The fourth-order valence-corrected chi connectivity index (χ4v) is 1.45. The lowest BCUT2D eigenvalue weighted by Crippen LogP contribution is -2.31. The summed E-state index contributed by atoms with van der Waals surface area (Å²) in [5.74, 6) is -0.790. The largest absolute Gasteiger partial charge is 0.405 e. The molecule has 7 heteroatoms. The monoisotopic (exact) mass is 266 g/mol. The van der Waals surface area contributed by atoms with Crippen molar-refractivity contribution in [2.75, 3.05) is 18.5 Å². The lowest BCUT2D eigenvalue weighted by molar-refractivity contribution is -0.119. The van der Waals surface area contributed by atoms with Gasteiger partial charge < -0.3 is 10.6 Å². The van der Waals surface area contributed by atoms with Gasteiger partial charge in [-0.15, -0.1) is 0 Å². The number of nitrogens with two attached hydrogens (primary N) is 1.